The zero-order valence-corrected chi connectivity index (χ0v) is 16.1. The Morgan fingerprint density at radius 3 is 2.47 bits per heavy atom. The Balaban J connectivity index is 2.11. The van der Waals surface area contributed by atoms with Crippen LogP contribution in [0.1, 0.15) is 27.8 Å². The van der Waals surface area contributed by atoms with Crippen LogP contribution in [0.15, 0.2) is 54.9 Å². The number of carbonyl (C=O) groups excluding carboxylic acids is 1. The maximum absolute atomic E-state index is 13.3. The number of carbonyl (C=O) groups is 2. The molecule has 1 N–H and O–H groups in total. The number of carboxylic acids is 1. The first-order valence-electron chi connectivity index (χ1n) is 8.43. The first kappa shape index (κ1) is 21.3. The average molecular weight is 439 g/mol. The molecule has 1 amide bonds. The van der Waals surface area contributed by atoms with Crippen molar-refractivity contribution in [2.75, 3.05) is 7.05 Å². The van der Waals surface area contributed by atoms with E-state index in [1.807, 2.05) is 0 Å². The lowest BCUT2D eigenvalue weighted by Gasteiger charge is -2.25. The fraction of sp³-hybridized carbons (Fsp3) is 0.158. The molecule has 156 valence electrons. The third-order valence-electron chi connectivity index (χ3n) is 4.24. The molecular weight excluding hydrogens is 425 g/mol. The molecule has 0 saturated carbocycles. The Hall–Kier alpha value is -3.40. The summed E-state index contributed by atoms with van der Waals surface area (Å²) in [4.78, 5) is 29.5. The summed E-state index contributed by atoms with van der Waals surface area (Å²) in [7, 11) is 1.17. The highest BCUT2D eigenvalue weighted by molar-refractivity contribution is 6.32. The van der Waals surface area contributed by atoms with Gasteiger partial charge in [0.25, 0.3) is 5.91 Å². The minimum absolute atomic E-state index is 0.0414. The molecule has 0 fully saturated rings. The van der Waals surface area contributed by atoms with E-state index in [0.717, 1.165) is 9.58 Å². The molecule has 0 saturated heterocycles. The second kappa shape index (κ2) is 8.15. The molecule has 0 spiro atoms. The van der Waals surface area contributed by atoms with Crippen LogP contribution in [0, 0.1) is 0 Å². The summed E-state index contributed by atoms with van der Waals surface area (Å²) in [5.74, 6) is -2.37. The summed E-state index contributed by atoms with van der Waals surface area (Å²) in [5, 5.41) is 13.2. The van der Waals surface area contributed by atoms with Gasteiger partial charge in [0.1, 0.15) is 5.69 Å². The van der Waals surface area contributed by atoms with Crippen LogP contribution in [0.25, 0.3) is 5.69 Å². The zero-order chi connectivity index (χ0) is 22.1. The van der Waals surface area contributed by atoms with Gasteiger partial charge in [-0.2, -0.15) is 18.3 Å². The van der Waals surface area contributed by atoms with Crippen molar-refractivity contribution in [1.82, 2.24) is 19.7 Å². The van der Waals surface area contributed by atoms with Crippen molar-refractivity contribution in [3.8, 4) is 5.69 Å². The first-order chi connectivity index (χ1) is 14.1. The molecule has 1 aromatic carbocycles. The minimum atomic E-state index is -4.82. The number of rotatable bonds is 5. The fourth-order valence-corrected chi connectivity index (χ4v) is 3.06. The molecule has 30 heavy (non-hydrogen) atoms. The van der Waals surface area contributed by atoms with Crippen LogP contribution in [-0.4, -0.2) is 43.7 Å². The van der Waals surface area contributed by atoms with Gasteiger partial charge in [-0.1, -0.05) is 29.8 Å². The third kappa shape index (κ3) is 4.13. The van der Waals surface area contributed by atoms with Gasteiger partial charge >= 0.3 is 12.1 Å². The molecule has 7 nitrogen and oxygen atoms in total. The van der Waals surface area contributed by atoms with E-state index >= 15 is 0 Å². The van der Waals surface area contributed by atoms with Gasteiger partial charge in [-0.15, -0.1) is 0 Å². The van der Waals surface area contributed by atoms with Crippen LogP contribution >= 0.6 is 11.6 Å². The summed E-state index contributed by atoms with van der Waals surface area (Å²) in [6.45, 7) is 0. The predicted octanol–water partition coefficient (Wildman–Crippen LogP) is 3.84. The summed E-state index contributed by atoms with van der Waals surface area (Å²) >= 11 is 6.08. The van der Waals surface area contributed by atoms with Crippen LogP contribution in [0.3, 0.4) is 0 Å². The summed E-state index contributed by atoms with van der Waals surface area (Å²) in [6, 6.07) is 7.92. The molecule has 3 aromatic rings. The molecule has 0 bridgehead atoms. The van der Waals surface area contributed by atoms with Crippen molar-refractivity contribution >= 4 is 23.5 Å². The Labute approximate surface area is 173 Å². The third-order valence-corrected chi connectivity index (χ3v) is 4.56. The van der Waals surface area contributed by atoms with E-state index in [1.165, 1.54) is 49.8 Å². The first-order valence-corrected chi connectivity index (χ1v) is 8.81. The Kier molecular flexibility index (Phi) is 5.79. The van der Waals surface area contributed by atoms with Crippen LogP contribution in [0.2, 0.25) is 5.02 Å². The number of pyridine rings is 1. The summed E-state index contributed by atoms with van der Waals surface area (Å²) < 4.78 is 40.6. The van der Waals surface area contributed by atoms with Crippen molar-refractivity contribution in [1.29, 1.82) is 0 Å². The van der Waals surface area contributed by atoms with E-state index in [0.29, 0.717) is 6.07 Å². The van der Waals surface area contributed by atoms with Crippen molar-refractivity contribution in [2.24, 2.45) is 0 Å². The molecule has 2 aromatic heterocycles. The minimum Gasteiger partial charge on any atom is -0.479 e. The molecular formula is C19H14ClF3N4O3. The predicted molar refractivity (Wildman–Crippen MR) is 100 cm³/mol. The molecule has 2 heterocycles. The normalized spacial score (nSPS) is 12.4. The van der Waals surface area contributed by atoms with E-state index in [9.17, 15) is 27.9 Å². The second-order valence-corrected chi connectivity index (χ2v) is 6.63. The zero-order valence-electron chi connectivity index (χ0n) is 15.3. The monoisotopic (exact) mass is 438 g/mol. The summed E-state index contributed by atoms with van der Waals surface area (Å²) in [5.41, 5.74) is -1.58. The molecule has 0 radical (unpaired) electrons. The van der Waals surface area contributed by atoms with E-state index < -0.39 is 35.5 Å². The number of para-hydroxylation sites is 1. The lowest BCUT2D eigenvalue weighted by molar-refractivity contribution is -0.142. The van der Waals surface area contributed by atoms with Crippen LogP contribution in [0.4, 0.5) is 13.2 Å². The number of likely N-dealkylation sites (N-methyl/N-ethyl adjacent to an activating group) is 1. The smallest absolute Gasteiger partial charge is 0.435 e. The van der Waals surface area contributed by atoms with Gasteiger partial charge in [-0.05, 0) is 18.2 Å². The van der Waals surface area contributed by atoms with Gasteiger partial charge in [0.2, 0.25) is 0 Å². The maximum atomic E-state index is 13.3. The van der Waals surface area contributed by atoms with Gasteiger partial charge < -0.3 is 10.0 Å². The number of alkyl halides is 3. The number of aromatic nitrogens is 3. The van der Waals surface area contributed by atoms with Crippen LogP contribution in [0.5, 0.6) is 0 Å². The van der Waals surface area contributed by atoms with Crippen molar-refractivity contribution < 1.29 is 27.9 Å². The standard InChI is InChI=1S/C19H14ClF3N4O3/c1-26(16(18(29)30)11-5-4-8-24-10-11)17(28)14-9-15(19(21,22)23)25-27(14)13-7-3-2-6-12(13)20/h2-10,16H,1H3,(H,29,30). The lowest BCUT2D eigenvalue weighted by atomic mass is 10.1. The number of amides is 1. The molecule has 3 rings (SSSR count). The molecule has 1 atom stereocenters. The highest BCUT2D eigenvalue weighted by atomic mass is 35.5. The van der Waals surface area contributed by atoms with Gasteiger partial charge in [0.15, 0.2) is 11.7 Å². The van der Waals surface area contributed by atoms with E-state index in [1.54, 1.807) is 6.07 Å². The van der Waals surface area contributed by atoms with Gasteiger partial charge in [0.05, 0.1) is 10.7 Å². The van der Waals surface area contributed by atoms with Crippen molar-refractivity contribution in [2.45, 2.75) is 12.2 Å². The summed E-state index contributed by atoms with van der Waals surface area (Å²) in [6.07, 6.45) is -2.14. The highest BCUT2D eigenvalue weighted by Crippen LogP contribution is 2.32. The topological polar surface area (TPSA) is 88.3 Å². The van der Waals surface area contributed by atoms with Gasteiger partial charge in [-0.3, -0.25) is 9.78 Å². The average Bonchev–Trinajstić information content (AvgIpc) is 3.14. The van der Waals surface area contributed by atoms with Gasteiger partial charge in [-0.25, -0.2) is 9.48 Å². The Bertz CT molecular complexity index is 1090. The quantitative estimate of drug-likeness (QED) is 0.654. The molecule has 0 aliphatic carbocycles. The van der Waals surface area contributed by atoms with Gasteiger partial charge in [0, 0.05) is 31.1 Å². The number of aliphatic carboxylic acids is 1. The van der Waals surface area contributed by atoms with Crippen molar-refractivity contribution in [3.05, 3.63) is 76.8 Å². The number of halogens is 4. The second-order valence-electron chi connectivity index (χ2n) is 6.22. The fourth-order valence-electron chi connectivity index (χ4n) is 2.85. The SMILES string of the molecule is CN(C(=O)c1cc(C(F)(F)F)nn1-c1ccccc1Cl)C(C(=O)O)c1cccnc1. The van der Waals surface area contributed by atoms with Crippen molar-refractivity contribution in [3.63, 3.8) is 0 Å². The maximum Gasteiger partial charge on any atom is 0.435 e. The number of nitrogens with zero attached hydrogens (tertiary/aromatic N) is 4. The molecule has 0 aliphatic rings. The highest BCUT2D eigenvalue weighted by Gasteiger charge is 2.38. The van der Waals surface area contributed by atoms with Crippen LogP contribution < -0.4 is 0 Å². The Morgan fingerprint density at radius 1 is 1.20 bits per heavy atom. The molecule has 1 unspecified atom stereocenters. The van der Waals surface area contributed by atoms with E-state index in [-0.39, 0.29) is 16.3 Å². The lowest BCUT2D eigenvalue weighted by Crippen LogP contribution is -2.37. The van der Waals surface area contributed by atoms with E-state index in [4.69, 9.17) is 11.6 Å². The largest absolute Gasteiger partial charge is 0.479 e. The molecule has 0 aliphatic heterocycles. The number of hydrogen-bond acceptors (Lipinski definition) is 4. The number of carboxylic acid groups (broad SMARTS) is 1. The number of hydrogen-bond donors (Lipinski definition) is 1. The number of benzene rings is 1. The van der Waals surface area contributed by atoms with E-state index in [2.05, 4.69) is 10.1 Å². The Morgan fingerprint density at radius 2 is 1.90 bits per heavy atom. The van der Waals surface area contributed by atoms with Crippen LogP contribution in [-0.2, 0) is 11.0 Å². The molecule has 11 heteroatoms.